The van der Waals surface area contributed by atoms with Gasteiger partial charge in [-0.1, -0.05) is 24.3 Å². The summed E-state index contributed by atoms with van der Waals surface area (Å²) in [5.74, 6) is -1.50. The summed E-state index contributed by atoms with van der Waals surface area (Å²) in [6.45, 7) is 1.51. The molecular formula is C11H16N2O4S. The summed E-state index contributed by atoms with van der Waals surface area (Å²) in [7, 11) is -3.70. The second-order valence-electron chi connectivity index (χ2n) is 3.91. The first kappa shape index (κ1) is 14.6. The van der Waals surface area contributed by atoms with Gasteiger partial charge in [0.2, 0.25) is 10.0 Å². The van der Waals surface area contributed by atoms with Crippen molar-refractivity contribution >= 4 is 16.0 Å². The number of nitrogens with two attached hydrogens (primary N) is 1. The fourth-order valence-corrected chi connectivity index (χ4v) is 2.88. The monoisotopic (exact) mass is 272 g/mol. The van der Waals surface area contributed by atoms with Crippen LogP contribution in [0.5, 0.6) is 0 Å². The number of hydrogen-bond acceptors (Lipinski definition) is 4. The van der Waals surface area contributed by atoms with Crippen molar-refractivity contribution < 1.29 is 18.3 Å². The Balaban J connectivity index is 2.86. The van der Waals surface area contributed by atoms with Crippen molar-refractivity contribution in [2.45, 2.75) is 25.3 Å². The van der Waals surface area contributed by atoms with Gasteiger partial charge in [0, 0.05) is 6.54 Å². The molecule has 0 aliphatic carbocycles. The minimum absolute atomic E-state index is 0.236. The van der Waals surface area contributed by atoms with Crippen LogP contribution in [0.3, 0.4) is 0 Å². The molecular weight excluding hydrogens is 256 g/mol. The van der Waals surface area contributed by atoms with Crippen LogP contribution in [0.15, 0.2) is 24.3 Å². The summed E-state index contributed by atoms with van der Waals surface area (Å²) in [6, 6.07) is 5.73. The van der Waals surface area contributed by atoms with Crippen LogP contribution in [-0.2, 0) is 27.1 Å². The lowest BCUT2D eigenvalue weighted by Crippen LogP contribution is -2.39. The van der Waals surface area contributed by atoms with E-state index in [4.69, 9.17) is 10.8 Å². The highest BCUT2D eigenvalue weighted by Gasteiger charge is 2.20. The Morgan fingerprint density at radius 2 is 1.94 bits per heavy atom. The van der Waals surface area contributed by atoms with E-state index in [2.05, 4.69) is 4.72 Å². The van der Waals surface area contributed by atoms with E-state index in [1.807, 2.05) is 0 Å². The van der Waals surface area contributed by atoms with Crippen molar-refractivity contribution in [2.75, 3.05) is 0 Å². The third kappa shape index (κ3) is 4.10. The second kappa shape index (κ2) is 5.94. The van der Waals surface area contributed by atoms with Gasteiger partial charge in [0.05, 0.1) is 5.75 Å². The number of carboxylic acid groups (broad SMARTS) is 1. The van der Waals surface area contributed by atoms with Crippen LogP contribution in [0.2, 0.25) is 0 Å². The summed E-state index contributed by atoms with van der Waals surface area (Å²) in [5.41, 5.74) is 6.81. The Labute approximate surface area is 106 Å². The van der Waals surface area contributed by atoms with E-state index in [9.17, 15) is 13.2 Å². The van der Waals surface area contributed by atoms with Crippen LogP contribution >= 0.6 is 0 Å². The number of sulfonamides is 1. The number of benzene rings is 1. The molecule has 100 valence electrons. The van der Waals surface area contributed by atoms with Crippen molar-refractivity contribution in [3.63, 3.8) is 0 Å². The molecule has 1 atom stereocenters. The van der Waals surface area contributed by atoms with E-state index in [1.54, 1.807) is 24.3 Å². The maximum absolute atomic E-state index is 11.8. The van der Waals surface area contributed by atoms with Gasteiger partial charge in [-0.2, -0.15) is 0 Å². The molecule has 4 N–H and O–H groups in total. The fourth-order valence-electron chi connectivity index (χ4n) is 1.46. The molecule has 0 aliphatic rings. The lowest BCUT2D eigenvalue weighted by Gasteiger charge is -2.12. The Bertz CT molecular complexity index is 528. The molecule has 0 fully saturated rings. The van der Waals surface area contributed by atoms with Crippen LogP contribution < -0.4 is 10.5 Å². The normalized spacial score (nSPS) is 13.2. The lowest BCUT2D eigenvalue weighted by molar-refractivity contribution is -0.138. The number of hydrogen-bond donors (Lipinski definition) is 3. The molecule has 0 saturated carbocycles. The molecule has 0 bridgehead atoms. The smallest absolute Gasteiger partial charge is 0.321 e. The van der Waals surface area contributed by atoms with E-state index in [1.165, 1.54) is 6.92 Å². The largest absolute Gasteiger partial charge is 0.480 e. The molecule has 0 radical (unpaired) electrons. The standard InChI is InChI=1S/C11H16N2O4S/c1-8(11(14)15)13-18(16,17)7-10-5-3-2-4-9(10)6-12/h2-5,8,13H,6-7,12H2,1H3,(H,14,15)/t8-/m1/s1. The second-order valence-corrected chi connectivity index (χ2v) is 5.66. The van der Waals surface area contributed by atoms with Gasteiger partial charge in [-0.05, 0) is 18.1 Å². The minimum atomic E-state index is -3.70. The quantitative estimate of drug-likeness (QED) is 0.677. The molecule has 0 aliphatic heterocycles. The average molecular weight is 272 g/mol. The molecule has 1 aromatic rings. The first-order valence-electron chi connectivity index (χ1n) is 5.35. The Morgan fingerprint density at radius 3 is 2.44 bits per heavy atom. The molecule has 0 heterocycles. The maximum Gasteiger partial charge on any atom is 0.321 e. The number of aliphatic carboxylic acids is 1. The molecule has 1 aromatic carbocycles. The van der Waals surface area contributed by atoms with Gasteiger partial charge < -0.3 is 10.8 Å². The summed E-state index contributed by atoms with van der Waals surface area (Å²) in [4.78, 5) is 10.6. The van der Waals surface area contributed by atoms with Crippen molar-refractivity contribution in [3.8, 4) is 0 Å². The molecule has 7 heteroatoms. The highest BCUT2D eigenvalue weighted by atomic mass is 32.2. The average Bonchev–Trinajstić information content (AvgIpc) is 2.28. The van der Waals surface area contributed by atoms with E-state index in [-0.39, 0.29) is 12.3 Å². The third-order valence-electron chi connectivity index (χ3n) is 2.41. The first-order chi connectivity index (χ1) is 8.35. The lowest BCUT2D eigenvalue weighted by atomic mass is 10.1. The number of nitrogens with one attached hydrogen (secondary N) is 1. The van der Waals surface area contributed by atoms with Gasteiger partial charge in [-0.25, -0.2) is 13.1 Å². The SMILES string of the molecule is C[C@@H](NS(=O)(=O)Cc1ccccc1CN)C(=O)O. The zero-order chi connectivity index (χ0) is 13.8. The van der Waals surface area contributed by atoms with Crippen LogP contribution in [0.1, 0.15) is 18.1 Å². The Hall–Kier alpha value is -1.44. The summed E-state index contributed by atoms with van der Waals surface area (Å²) in [5, 5.41) is 8.67. The van der Waals surface area contributed by atoms with Gasteiger partial charge in [0.25, 0.3) is 0 Å². The van der Waals surface area contributed by atoms with E-state index in [0.29, 0.717) is 5.56 Å². The molecule has 0 spiro atoms. The highest BCUT2D eigenvalue weighted by molar-refractivity contribution is 7.88. The van der Waals surface area contributed by atoms with Crippen LogP contribution in [0, 0.1) is 0 Å². The van der Waals surface area contributed by atoms with Crippen LogP contribution in [0.25, 0.3) is 0 Å². The molecule has 1 rings (SSSR count). The fraction of sp³-hybridized carbons (Fsp3) is 0.364. The van der Waals surface area contributed by atoms with E-state index >= 15 is 0 Å². The Morgan fingerprint density at radius 1 is 1.39 bits per heavy atom. The molecule has 0 amide bonds. The van der Waals surface area contributed by atoms with Crippen molar-refractivity contribution in [2.24, 2.45) is 5.73 Å². The summed E-state index contributed by atoms with van der Waals surface area (Å²) >= 11 is 0. The topological polar surface area (TPSA) is 109 Å². The third-order valence-corrected chi connectivity index (χ3v) is 3.81. The highest BCUT2D eigenvalue weighted by Crippen LogP contribution is 2.11. The van der Waals surface area contributed by atoms with E-state index < -0.39 is 22.0 Å². The van der Waals surface area contributed by atoms with Crippen molar-refractivity contribution in [1.29, 1.82) is 0 Å². The van der Waals surface area contributed by atoms with Gasteiger partial charge in [0.15, 0.2) is 0 Å². The number of carbonyl (C=O) groups is 1. The van der Waals surface area contributed by atoms with Gasteiger partial charge in [0.1, 0.15) is 6.04 Å². The molecule has 0 aromatic heterocycles. The van der Waals surface area contributed by atoms with Crippen LogP contribution in [-0.4, -0.2) is 25.5 Å². The first-order valence-corrected chi connectivity index (χ1v) is 7.00. The van der Waals surface area contributed by atoms with E-state index in [0.717, 1.165) is 5.56 Å². The molecule has 18 heavy (non-hydrogen) atoms. The van der Waals surface area contributed by atoms with Crippen LogP contribution in [0.4, 0.5) is 0 Å². The van der Waals surface area contributed by atoms with Gasteiger partial charge in [-0.3, -0.25) is 4.79 Å². The van der Waals surface area contributed by atoms with Crippen molar-refractivity contribution in [1.82, 2.24) is 4.72 Å². The predicted molar refractivity (Wildman–Crippen MR) is 67.2 cm³/mol. The summed E-state index contributed by atoms with van der Waals surface area (Å²) < 4.78 is 25.6. The number of rotatable bonds is 6. The number of carboxylic acids is 1. The zero-order valence-corrected chi connectivity index (χ0v) is 10.8. The predicted octanol–water partition coefficient (Wildman–Crippen LogP) is 0.0378. The molecule has 0 saturated heterocycles. The Kier molecular flexibility index (Phi) is 4.83. The molecule has 6 nitrogen and oxygen atoms in total. The molecule has 0 unspecified atom stereocenters. The summed E-state index contributed by atoms with van der Waals surface area (Å²) in [6.07, 6.45) is 0. The van der Waals surface area contributed by atoms with Crippen molar-refractivity contribution in [3.05, 3.63) is 35.4 Å². The maximum atomic E-state index is 11.8. The minimum Gasteiger partial charge on any atom is -0.480 e. The van der Waals surface area contributed by atoms with Gasteiger partial charge >= 0.3 is 5.97 Å². The zero-order valence-electron chi connectivity index (χ0n) is 9.96. The van der Waals surface area contributed by atoms with Gasteiger partial charge in [-0.15, -0.1) is 0 Å².